The van der Waals surface area contributed by atoms with Gasteiger partial charge in [-0.2, -0.15) is 9.78 Å². The summed E-state index contributed by atoms with van der Waals surface area (Å²) in [5.74, 6) is -0.0122. The number of carbonyl (C=O) groups excluding carboxylic acids is 2. The summed E-state index contributed by atoms with van der Waals surface area (Å²) in [7, 11) is 0. The third-order valence-electron chi connectivity index (χ3n) is 6.82. The second kappa shape index (κ2) is 10.3. The summed E-state index contributed by atoms with van der Waals surface area (Å²) in [6.45, 7) is 4.38. The molecule has 3 N–H and O–H groups in total. The Labute approximate surface area is 216 Å². The third-order valence-corrected chi connectivity index (χ3v) is 6.82. The minimum atomic E-state index is -0.295. The van der Waals surface area contributed by atoms with Gasteiger partial charge in [0.25, 0.3) is 5.91 Å². The molecule has 1 fully saturated rings. The molecule has 0 aliphatic heterocycles. The first kappa shape index (κ1) is 24.3. The highest BCUT2D eigenvalue weighted by Crippen LogP contribution is 2.39. The van der Waals surface area contributed by atoms with Gasteiger partial charge < -0.3 is 15.7 Å². The fraction of sp³-hybridized carbons (Fsp3) is 0.233. The molecule has 3 aromatic carbocycles. The molecule has 1 aromatic heterocycles. The lowest BCUT2D eigenvalue weighted by atomic mass is 9.82. The number of benzene rings is 3. The maximum absolute atomic E-state index is 13.1. The molecule has 7 nitrogen and oxygen atoms in total. The Balaban J connectivity index is 1.35. The molecule has 0 unspecified atom stereocenters. The lowest BCUT2D eigenvalue weighted by molar-refractivity contribution is 0.102. The van der Waals surface area contributed by atoms with Gasteiger partial charge in [-0.25, -0.2) is 4.79 Å². The highest BCUT2D eigenvalue weighted by Gasteiger charge is 2.27. The average molecular weight is 495 g/mol. The highest BCUT2D eigenvalue weighted by molar-refractivity contribution is 6.04. The van der Waals surface area contributed by atoms with Crippen molar-refractivity contribution in [2.24, 2.45) is 0 Å². The number of phenolic OH excluding ortho intramolecular Hbond substituents is 1. The van der Waals surface area contributed by atoms with Crippen molar-refractivity contribution in [3.63, 3.8) is 0 Å². The summed E-state index contributed by atoms with van der Waals surface area (Å²) in [4.78, 5) is 25.7. The van der Waals surface area contributed by atoms with Crippen molar-refractivity contribution in [2.45, 2.75) is 45.6 Å². The molecule has 37 heavy (non-hydrogen) atoms. The molecular formula is C30H30N4O3. The highest BCUT2D eigenvalue weighted by atomic mass is 16.3. The molecule has 4 aromatic rings. The van der Waals surface area contributed by atoms with Crippen molar-refractivity contribution in [3.8, 4) is 17.0 Å². The lowest BCUT2D eigenvalue weighted by Gasteiger charge is -2.25. The molecule has 1 saturated carbocycles. The summed E-state index contributed by atoms with van der Waals surface area (Å²) >= 11 is 0. The Kier molecular flexibility index (Phi) is 6.77. The number of aromatic hydroxyl groups is 1. The maximum atomic E-state index is 13.1. The lowest BCUT2D eigenvalue weighted by Crippen LogP contribution is -2.31. The Bertz CT molecular complexity index is 1450. The SMILES string of the molecule is Cc1ccc(C(=O)Nc2ccc(-c3cc(C4CCC4)n(C(=O)NCc4cccc(C)c4)n3)c(O)c2)cc1. The van der Waals surface area contributed by atoms with E-state index in [9.17, 15) is 14.7 Å². The normalized spacial score (nSPS) is 13.1. The molecule has 1 aliphatic carbocycles. The molecule has 0 saturated heterocycles. The zero-order valence-corrected chi connectivity index (χ0v) is 21.0. The first-order valence-corrected chi connectivity index (χ1v) is 12.5. The van der Waals surface area contributed by atoms with Gasteiger partial charge in [-0.3, -0.25) is 4.79 Å². The number of aryl methyl sites for hydroxylation is 2. The van der Waals surface area contributed by atoms with E-state index in [0.717, 1.165) is 41.6 Å². The summed E-state index contributed by atoms with van der Waals surface area (Å²) in [5.41, 5.74) is 6.10. The van der Waals surface area contributed by atoms with Crippen LogP contribution < -0.4 is 10.6 Å². The zero-order valence-electron chi connectivity index (χ0n) is 21.0. The Morgan fingerprint density at radius 1 is 0.973 bits per heavy atom. The number of hydrogen-bond donors (Lipinski definition) is 3. The Morgan fingerprint density at radius 3 is 2.43 bits per heavy atom. The molecule has 0 bridgehead atoms. The standard InChI is InChI=1S/C30H30N4O3/c1-19-9-11-23(12-10-19)29(36)32-24-13-14-25(28(35)16-24)26-17-27(22-7-4-8-22)34(33-26)30(37)31-18-21-6-3-5-20(2)15-21/h3,5-6,9-17,22,35H,4,7-8,18H2,1-2H3,(H,31,37)(H,32,36). The van der Waals surface area contributed by atoms with Crippen LogP contribution in [0.1, 0.15) is 57.9 Å². The van der Waals surface area contributed by atoms with E-state index in [0.29, 0.717) is 29.1 Å². The van der Waals surface area contributed by atoms with E-state index in [1.807, 2.05) is 56.3 Å². The number of aromatic nitrogens is 2. The number of anilines is 1. The van der Waals surface area contributed by atoms with Crippen LogP contribution in [0.15, 0.2) is 72.8 Å². The maximum Gasteiger partial charge on any atom is 0.342 e. The summed E-state index contributed by atoms with van der Waals surface area (Å²) in [6, 6.07) is 21.8. The van der Waals surface area contributed by atoms with Gasteiger partial charge in [-0.15, -0.1) is 0 Å². The van der Waals surface area contributed by atoms with Crippen molar-refractivity contribution in [3.05, 3.63) is 101 Å². The Morgan fingerprint density at radius 2 is 1.76 bits per heavy atom. The van der Waals surface area contributed by atoms with Gasteiger partial charge in [0, 0.05) is 35.3 Å². The van der Waals surface area contributed by atoms with Crippen LogP contribution in [-0.4, -0.2) is 26.8 Å². The predicted octanol–water partition coefficient (Wildman–Crippen LogP) is 6.15. The number of rotatable bonds is 6. The first-order chi connectivity index (χ1) is 17.9. The summed E-state index contributed by atoms with van der Waals surface area (Å²) in [5, 5.41) is 21.2. The average Bonchev–Trinajstić information content (AvgIpc) is 3.26. The van der Waals surface area contributed by atoms with Crippen molar-refractivity contribution in [2.75, 3.05) is 5.32 Å². The fourth-order valence-electron chi connectivity index (χ4n) is 4.49. The summed E-state index contributed by atoms with van der Waals surface area (Å²) in [6.07, 6.45) is 3.13. The van der Waals surface area contributed by atoms with Gasteiger partial charge >= 0.3 is 6.03 Å². The number of nitrogens with zero attached hydrogens (tertiary/aromatic N) is 2. The van der Waals surface area contributed by atoms with Crippen molar-refractivity contribution in [1.82, 2.24) is 15.1 Å². The largest absolute Gasteiger partial charge is 0.507 e. The molecule has 1 aliphatic rings. The molecule has 0 radical (unpaired) electrons. The van der Waals surface area contributed by atoms with Crippen LogP contribution in [0, 0.1) is 13.8 Å². The van der Waals surface area contributed by atoms with Crippen LogP contribution in [-0.2, 0) is 6.54 Å². The number of phenols is 1. The van der Waals surface area contributed by atoms with Crippen molar-refractivity contribution < 1.29 is 14.7 Å². The van der Waals surface area contributed by atoms with Crippen LogP contribution >= 0.6 is 0 Å². The second-order valence-electron chi connectivity index (χ2n) is 9.69. The van der Waals surface area contributed by atoms with Gasteiger partial charge in [0.05, 0.1) is 11.4 Å². The minimum Gasteiger partial charge on any atom is -0.507 e. The number of amides is 2. The van der Waals surface area contributed by atoms with Crippen LogP contribution in [0.25, 0.3) is 11.3 Å². The van der Waals surface area contributed by atoms with Crippen LogP contribution in [0.5, 0.6) is 5.75 Å². The molecule has 2 amide bonds. The topological polar surface area (TPSA) is 96.3 Å². The molecular weight excluding hydrogens is 464 g/mol. The molecule has 188 valence electrons. The van der Waals surface area contributed by atoms with E-state index < -0.39 is 0 Å². The second-order valence-corrected chi connectivity index (χ2v) is 9.69. The van der Waals surface area contributed by atoms with Gasteiger partial charge in [0.2, 0.25) is 0 Å². The van der Waals surface area contributed by atoms with E-state index in [1.54, 1.807) is 24.3 Å². The van der Waals surface area contributed by atoms with Crippen LogP contribution in [0.3, 0.4) is 0 Å². The number of carbonyl (C=O) groups is 2. The zero-order chi connectivity index (χ0) is 25.9. The van der Waals surface area contributed by atoms with E-state index in [2.05, 4.69) is 15.7 Å². The van der Waals surface area contributed by atoms with E-state index in [-0.39, 0.29) is 23.6 Å². The van der Waals surface area contributed by atoms with Gasteiger partial charge in [-0.05, 0) is 62.6 Å². The monoisotopic (exact) mass is 494 g/mol. The molecule has 5 rings (SSSR count). The van der Waals surface area contributed by atoms with Crippen LogP contribution in [0.2, 0.25) is 0 Å². The fourth-order valence-corrected chi connectivity index (χ4v) is 4.49. The summed E-state index contributed by atoms with van der Waals surface area (Å²) < 4.78 is 1.43. The molecule has 7 heteroatoms. The van der Waals surface area contributed by atoms with Crippen LogP contribution in [0.4, 0.5) is 10.5 Å². The van der Waals surface area contributed by atoms with Crippen molar-refractivity contribution >= 4 is 17.6 Å². The predicted molar refractivity (Wildman–Crippen MR) is 144 cm³/mol. The molecule has 0 atom stereocenters. The van der Waals surface area contributed by atoms with Gasteiger partial charge in [0.15, 0.2) is 0 Å². The van der Waals surface area contributed by atoms with Gasteiger partial charge in [0.1, 0.15) is 5.75 Å². The van der Waals surface area contributed by atoms with E-state index in [4.69, 9.17) is 0 Å². The van der Waals surface area contributed by atoms with Gasteiger partial charge in [-0.1, -0.05) is 53.9 Å². The van der Waals surface area contributed by atoms with E-state index >= 15 is 0 Å². The third kappa shape index (κ3) is 5.40. The molecule has 0 spiro atoms. The quantitative estimate of drug-likeness (QED) is 0.300. The molecule has 1 heterocycles. The minimum absolute atomic E-state index is 0.0216. The Hall–Kier alpha value is -4.39. The smallest absolute Gasteiger partial charge is 0.342 e. The number of nitrogens with one attached hydrogen (secondary N) is 2. The first-order valence-electron chi connectivity index (χ1n) is 12.5. The number of hydrogen-bond acceptors (Lipinski definition) is 4. The van der Waals surface area contributed by atoms with Crippen molar-refractivity contribution in [1.29, 1.82) is 0 Å². The van der Waals surface area contributed by atoms with E-state index in [1.165, 1.54) is 10.7 Å².